The maximum Gasteiger partial charge on any atom is 0.142 e. The van der Waals surface area contributed by atoms with E-state index in [1.54, 1.807) is 7.11 Å². The van der Waals surface area contributed by atoms with Crippen LogP contribution in [0.5, 0.6) is 5.75 Å². The van der Waals surface area contributed by atoms with E-state index in [1.807, 2.05) is 25.2 Å². The van der Waals surface area contributed by atoms with Crippen molar-refractivity contribution in [1.82, 2.24) is 0 Å². The molecule has 0 heterocycles. The lowest BCUT2D eigenvalue weighted by atomic mass is 10.1. The Labute approximate surface area is 130 Å². The zero-order chi connectivity index (χ0) is 13.8. The molecule has 0 N–H and O–H groups in total. The van der Waals surface area contributed by atoms with Gasteiger partial charge < -0.3 is 9.64 Å². The molecule has 0 unspecified atom stereocenters. The van der Waals surface area contributed by atoms with Crippen molar-refractivity contribution >= 4 is 43.2 Å². The number of anilines is 2. The van der Waals surface area contributed by atoms with Gasteiger partial charge in [0.15, 0.2) is 0 Å². The third kappa shape index (κ3) is 3.12. The molecule has 0 saturated heterocycles. The average molecular weight is 385 g/mol. The molecule has 0 aliphatic heterocycles. The molecule has 0 amide bonds. The van der Waals surface area contributed by atoms with E-state index in [2.05, 4.69) is 61.0 Å². The predicted molar refractivity (Wildman–Crippen MR) is 87.8 cm³/mol. The lowest BCUT2D eigenvalue weighted by Gasteiger charge is -2.24. The highest BCUT2D eigenvalue weighted by atomic mass is 79.9. The van der Waals surface area contributed by atoms with Crippen LogP contribution in [0.4, 0.5) is 11.4 Å². The number of methoxy groups -OCH3 is 1. The number of alkyl halides is 1. The van der Waals surface area contributed by atoms with Crippen LogP contribution < -0.4 is 9.64 Å². The van der Waals surface area contributed by atoms with E-state index in [9.17, 15) is 0 Å². The topological polar surface area (TPSA) is 12.5 Å². The molecular weight excluding hydrogens is 370 g/mol. The molecule has 0 saturated carbocycles. The second kappa shape index (κ2) is 6.44. The number of ether oxygens (including phenoxy) is 1. The Bertz CT molecular complexity index is 572. The van der Waals surface area contributed by atoms with Gasteiger partial charge in [-0.25, -0.2) is 0 Å². The summed E-state index contributed by atoms with van der Waals surface area (Å²) in [6.45, 7) is 0. The van der Waals surface area contributed by atoms with Gasteiger partial charge in [0.25, 0.3) is 0 Å². The van der Waals surface area contributed by atoms with Crippen molar-refractivity contribution in [1.29, 1.82) is 0 Å². The van der Waals surface area contributed by atoms with E-state index in [0.717, 1.165) is 26.9 Å². The SMILES string of the molecule is COc1ccccc1N(C)c1cc(Br)ccc1CBr. The summed E-state index contributed by atoms with van der Waals surface area (Å²) in [4.78, 5) is 2.14. The summed E-state index contributed by atoms with van der Waals surface area (Å²) in [5.74, 6) is 0.866. The summed E-state index contributed by atoms with van der Waals surface area (Å²) < 4.78 is 6.49. The Morgan fingerprint density at radius 3 is 2.53 bits per heavy atom. The van der Waals surface area contributed by atoms with Crippen molar-refractivity contribution in [2.45, 2.75) is 5.33 Å². The summed E-state index contributed by atoms with van der Waals surface area (Å²) in [5.41, 5.74) is 3.43. The van der Waals surface area contributed by atoms with Gasteiger partial charge in [0, 0.05) is 22.5 Å². The van der Waals surface area contributed by atoms with Crippen LogP contribution >= 0.6 is 31.9 Å². The fourth-order valence-corrected chi connectivity index (χ4v) is 2.82. The first-order valence-electron chi connectivity index (χ1n) is 5.88. The molecular formula is C15H15Br2NO. The largest absolute Gasteiger partial charge is 0.495 e. The summed E-state index contributed by atoms with van der Waals surface area (Å²) in [6, 6.07) is 14.3. The Morgan fingerprint density at radius 1 is 1.11 bits per heavy atom. The van der Waals surface area contributed by atoms with Crippen LogP contribution in [0.3, 0.4) is 0 Å². The Balaban J connectivity index is 2.49. The van der Waals surface area contributed by atoms with Crippen LogP contribution in [-0.2, 0) is 5.33 Å². The Hall–Kier alpha value is -1.000. The number of halogens is 2. The Kier molecular flexibility index (Phi) is 4.88. The molecule has 0 aromatic heterocycles. The smallest absolute Gasteiger partial charge is 0.142 e. The molecule has 2 aromatic rings. The fraction of sp³-hybridized carbons (Fsp3) is 0.200. The minimum atomic E-state index is 0.815. The minimum Gasteiger partial charge on any atom is -0.495 e. The molecule has 0 aliphatic rings. The van der Waals surface area contributed by atoms with Gasteiger partial charge in [0.05, 0.1) is 12.8 Å². The summed E-state index contributed by atoms with van der Waals surface area (Å²) >= 11 is 7.06. The third-order valence-corrected chi connectivity index (χ3v) is 4.10. The van der Waals surface area contributed by atoms with Gasteiger partial charge in [0.2, 0.25) is 0 Å². The molecule has 0 aliphatic carbocycles. The highest BCUT2D eigenvalue weighted by Crippen LogP contribution is 2.35. The third-order valence-electron chi connectivity index (χ3n) is 3.00. The molecule has 4 heteroatoms. The zero-order valence-corrected chi connectivity index (χ0v) is 14.0. The molecule has 19 heavy (non-hydrogen) atoms. The van der Waals surface area contributed by atoms with Crippen LogP contribution in [0, 0.1) is 0 Å². The monoisotopic (exact) mass is 383 g/mol. The zero-order valence-electron chi connectivity index (χ0n) is 10.9. The molecule has 0 radical (unpaired) electrons. The van der Waals surface area contributed by atoms with Crippen molar-refractivity contribution in [3.8, 4) is 5.75 Å². The molecule has 2 aromatic carbocycles. The van der Waals surface area contributed by atoms with Crippen molar-refractivity contribution in [2.24, 2.45) is 0 Å². The molecule has 0 fully saturated rings. The molecule has 2 rings (SSSR count). The lowest BCUT2D eigenvalue weighted by molar-refractivity contribution is 0.415. The quantitative estimate of drug-likeness (QED) is 0.678. The van der Waals surface area contributed by atoms with Crippen molar-refractivity contribution in [3.63, 3.8) is 0 Å². The second-order valence-corrected chi connectivity index (χ2v) is 5.61. The number of rotatable bonds is 4. The number of hydrogen-bond acceptors (Lipinski definition) is 2. The van der Waals surface area contributed by atoms with E-state index in [-0.39, 0.29) is 0 Å². The predicted octanol–water partition coefficient (Wildman–Crippen LogP) is 5.12. The normalized spacial score (nSPS) is 10.3. The van der Waals surface area contributed by atoms with Crippen molar-refractivity contribution in [2.75, 3.05) is 19.1 Å². The highest BCUT2D eigenvalue weighted by Gasteiger charge is 2.12. The molecule has 100 valence electrons. The molecule has 2 nitrogen and oxygen atoms in total. The molecule has 0 spiro atoms. The maximum absolute atomic E-state index is 5.43. The van der Waals surface area contributed by atoms with Crippen molar-refractivity contribution in [3.05, 3.63) is 52.5 Å². The first-order chi connectivity index (χ1) is 9.17. The van der Waals surface area contributed by atoms with Crippen LogP contribution in [0.2, 0.25) is 0 Å². The van der Waals surface area contributed by atoms with Gasteiger partial charge in [-0.05, 0) is 29.8 Å². The standard InChI is InChI=1S/C15H15Br2NO/c1-18(13-5-3-4-6-15(13)19-2)14-9-12(17)8-7-11(14)10-16/h3-9H,10H2,1-2H3. The van der Waals surface area contributed by atoms with Crippen LogP contribution in [-0.4, -0.2) is 14.2 Å². The fourth-order valence-electron chi connectivity index (χ4n) is 2.00. The van der Waals surface area contributed by atoms with E-state index >= 15 is 0 Å². The summed E-state index contributed by atoms with van der Waals surface area (Å²) in [6.07, 6.45) is 0. The number of benzene rings is 2. The van der Waals surface area contributed by atoms with Gasteiger partial charge >= 0.3 is 0 Å². The highest BCUT2D eigenvalue weighted by molar-refractivity contribution is 9.10. The van der Waals surface area contributed by atoms with Gasteiger partial charge in [0.1, 0.15) is 5.75 Å². The minimum absolute atomic E-state index is 0.815. The summed E-state index contributed by atoms with van der Waals surface area (Å²) in [7, 11) is 3.74. The van der Waals surface area contributed by atoms with Gasteiger partial charge in [-0.1, -0.05) is 50.1 Å². The first-order valence-corrected chi connectivity index (χ1v) is 7.80. The summed E-state index contributed by atoms with van der Waals surface area (Å²) in [5, 5.41) is 0.815. The van der Waals surface area contributed by atoms with E-state index in [1.165, 1.54) is 5.56 Å². The number of para-hydroxylation sites is 2. The maximum atomic E-state index is 5.43. The lowest BCUT2D eigenvalue weighted by Crippen LogP contribution is -2.12. The van der Waals surface area contributed by atoms with Crippen LogP contribution in [0.1, 0.15) is 5.56 Å². The number of nitrogens with zero attached hydrogens (tertiary/aromatic N) is 1. The molecule has 0 atom stereocenters. The van der Waals surface area contributed by atoms with Gasteiger partial charge in [-0.2, -0.15) is 0 Å². The second-order valence-electron chi connectivity index (χ2n) is 4.14. The van der Waals surface area contributed by atoms with Crippen molar-refractivity contribution < 1.29 is 4.74 Å². The Morgan fingerprint density at radius 2 is 1.84 bits per heavy atom. The van der Waals surface area contributed by atoms with E-state index < -0.39 is 0 Å². The average Bonchev–Trinajstić information content (AvgIpc) is 2.46. The first kappa shape index (κ1) is 14.4. The van der Waals surface area contributed by atoms with Crippen LogP contribution in [0.15, 0.2) is 46.9 Å². The molecule has 0 bridgehead atoms. The van der Waals surface area contributed by atoms with Gasteiger partial charge in [-0.15, -0.1) is 0 Å². The number of hydrogen-bond donors (Lipinski definition) is 0. The van der Waals surface area contributed by atoms with Crippen LogP contribution in [0.25, 0.3) is 0 Å². The van der Waals surface area contributed by atoms with Gasteiger partial charge in [-0.3, -0.25) is 0 Å². The van der Waals surface area contributed by atoms with E-state index in [4.69, 9.17) is 4.74 Å². The van der Waals surface area contributed by atoms with E-state index in [0.29, 0.717) is 0 Å².